The zero-order valence-corrected chi connectivity index (χ0v) is 20.6. The molecule has 0 aliphatic heterocycles. The Morgan fingerprint density at radius 1 is 1.13 bits per heavy atom. The van der Waals surface area contributed by atoms with Crippen LogP contribution < -0.4 is 0 Å². The number of aliphatic hydroxyl groups is 2. The number of rotatable bonds is 5. The lowest BCUT2D eigenvalue weighted by molar-refractivity contribution is -0.210. The minimum atomic E-state index is -1.20. The maximum atomic E-state index is 15.6. The van der Waals surface area contributed by atoms with Gasteiger partial charge in [0.1, 0.15) is 5.83 Å². The third-order valence-electron chi connectivity index (χ3n) is 10.5. The van der Waals surface area contributed by atoms with Crippen molar-refractivity contribution in [3.05, 3.63) is 11.4 Å². The molecule has 4 heteroatoms. The molecular weight excluding hydrogens is 391 g/mol. The second-order valence-electron chi connectivity index (χ2n) is 12.8. The molecule has 0 bridgehead atoms. The van der Waals surface area contributed by atoms with Crippen LogP contribution in [0.25, 0.3) is 0 Å². The summed E-state index contributed by atoms with van der Waals surface area (Å²) in [6, 6.07) is 0. The number of allylic oxidation sites excluding steroid dienone is 1. The largest absolute Gasteiger partial charge is 0.390 e. The zero-order valence-electron chi connectivity index (χ0n) is 20.6. The van der Waals surface area contributed by atoms with Crippen molar-refractivity contribution in [3.8, 4) is 0 Å². The van der Waals surface area contributed by atoms with Crippen molar-refractivity contribution in [2.75, 3.05) is 7.11 Å². The van der Waals surface area contributed by atoms with Crippen molar-refractivity contribution in [3.63, 3.8) is 0 Å². The summed E-state index contributed by atoms with van der Waals surface area (Å²) in [5.41, 5.74) is 0.402. The molecule has 0 aromatic heterocycles. The Labute approximate surface area is 188 Å². The van der Waals surface area contributed by atoms with Gasteiger partial charge in [-0.25, -0.2) is 4.39 Å². The van der Waals surface area contributed by atoms with Gasteiger partial charge < -0.3 is 14.9 Å². The van der Waals surface area contributed by atoms with Crippen molar-refractivity contribution < 1.29 is 19.3 Å². The maximum absolute atomic E-state index is 15.6. The van der Waals surface area contributed by atoms with Crippen LogP contribution >= 0.6 is 0 Å². The van der Waals surface area contributed by atoms with Gasteiger partial charge in [0.25, 0.3) is 0 Å². The number of halogens is 1. The molecule has 8 atom stereocenters. The van der Waals surface area contributed by atoms with E-state index in [0.717, 1.165) is 24.8 Å². The Morgan fingerprint density at radius 3 is 2.48 bits per heavy atom. The summed E-state index contributed by atoms with van der Waals surface area (Å²) in [5, 5.41) is 20.9. The molecular formula is C27H45FO3. The van der Waals surface area contributed by atoms with Gasteiger partial charge in [-0.1, -0.05) is 20.8 Å². The highest BCUT2D eigenvalue weighted by atomic mass is 19.1. The normalized spacial score (nSPS) is 46.4. The van der Waals surface area contributed by atoms with Gasteiger partial charge in [-0.2, -0.15) is 0 Å². The smallest absolute Gasteiger partial charge is 0.168 e. The Hall–Kier alpha value is -0.450. The molecule has 178 valence electrons. The topological polar surface area (TPSA) is 49.7 Å². The molecule has 3 saturated carbocycles. The maximum Gasteiger partial charge on any atom is 0.168 e. The molecule has 4 aliphatic carbocycles. The Morgan fingerprint density at radius 2 is 1.84 bits per heavy atom. The molecule has 4 rings (SSSR count). The molecule has 0 heterocycles. The van der Waals surface area contributed by atoms with Crippen molar-refractivity contribution in [2.24, 2.45) is 40.4 Å². The summed E-state index contributed by atoms with van der Waals surface area (Å²) in [5.74, 6) is 1.65. The molecule has 31 heavy (non-hydrogen) atoms. The summed E-state index contributed by atoms with van der Waals surface area (Å²) in [7, 11) is 1.54. The van der Waals surface area contributed by atoms with E-state index in [2.05, 4.69) is 20.8 Å². The van der Waals surface area contributed by atoms with Crippen molar-refractivity contribution >= 4 is 0 Å². The predicted octanol–water partition coefficient (Wildman–Crippen LogP) is 6.38. The first kappa shape index (κ1) is 23.7. The van der Waals surface area contributed by atoms with Gasteiger partial charge in [-0.15, -0.1) is 0 Å². The van der Waals surface area contributed by atoms with Gasteiger partial charge >= 0.3 is 0 Å². The minimum Gasteiger partial charge on any atom is -0.390 e. The van der Waals surface area contributed by atoms with E-state index >= 15 is 4.39 Å². The highest BCUT2D eigenvalue weighted by Gasteiger charge is 2.61. The molecule has 0 radical (unpaired) electrons. The molecule has 0 aromatic rings. The number of fused-ring (bicyclic) bond motifs is 5. The summed E-state index contributed by atoms with van der Waals surface area (Å²) in [6.45, 7) is 11.0. The standard InChI is InChI=1S/C27H45FO3/c1-17(9-11-24(2,3)29)19-7-8-20-18-15-23(28)22-16-27(30,31-6)14-13-26(22,5)21(18)10-12-25(19,20)4/h17-21,29-30H,7-16H2,1-6H3/t17-,18+,19-,20+,21+,25-,26-,27-/m1/s1. The Bertz CT molecular complexity index is 726. The first-order valence-electron chi connectivity index (χ1n) is 12.7. The molecule has 0 aromatic carbocycles. The molecule has 0 saturated heterocycles. The second-order valence-corrected chi connectivity index (χ2v) is 12.8. The van der Waals surface area contributed by atoms with Crippen LogP contribution in [-0.4, -0.2) is 28.7 Å². The third kappa shape index (κ3) is 3.93. The first-order chi connectivity index (χ1) is 14.3. The van der Waals surface area contributed by atoms with Gasteiger partial charge in [-0.3, -0.25) is 0 Å². The van der Waals surface area contributed by atoms with Crippen LogP contribution in [-0.2, 0) is 4.74 Å². The molecule has 0 amide bonds. The average Bonchev–Trinajstić information content (AvgIpc) is 3.05. The van der Waals surface area contributed by atoms with Crippen molar-refractivity contribution in [1.82, 2.24) is 0 Å². The summed E-state index contributed by atoms with van der Waals surface area (Å²) in [6.07, 6.45) is 9.07. The first-order valence-corrected chi connectivity index (χ1v) is 12.7. The molecule has 3 fully saturated rings. The SMILES string of the molecule is CO[C@]1(O)CC[C@@]2(C)C(=C(F)C[C@H]3[C@@H]4CC[C@H]([C@H](C)CCC(C)(C)O)[C@@]4(C)CC[C@@H]32)C1. The van der Waals surface area contributed by atoms with E-state index in [0.29, 0.717) is 48.9 Å². The van der Waals surface area contributed by atoms with Crippen LogP contribution in [0.15, 0.2) is 11.4 Å². The fourth-order valence-corrected chi connectivity index (χ4v) is 8.61. The van der Waals surface area contributed by atoms with Crippen LogP contribution in [0.4, 0.5) is 4.39 Å². The predicted molar refractivity (Wildman–Crippen MR) is 122 cm³/mol. The Kier molecular flexibility index (Phi) is 5.97. The van der Waals surface area contributed by atoms with Gasteiger partial charge in [-0.05, 0) is 105 Å². The second kappa shape index (κ2) is 7.81. The fraction of sp³-hybridized carbons (Fsp3) is 0.926. The molecule has 2 N–H and O–H groups in total. The molecule has 0 unspecified atom stereocenters. The van der Waals surface area contributed by atoms with Crippen molar-refractivity contribution in [1.29, 1.82) is 0 Å². The summed E-state index contributed by atoms with van der Waals surface area (Å²) >= 11 is 0. The lowest BCUT2D eigenvalue weighted by Crippen LogP contribution is -2.53. The van der Waals surface area contributed by atoms with E-state index in [1.165, 1.54) is 32.8 Å². The van der Waals surface area contributed by atoms with Crippen LogP contribution in [0.3, 0.4) is 0 Å². The minimum absolute atomic E-state index is 0.0432. The highest BCUT2D eigenvalue weighted by molar-refractivity contribution is 5.29. The number of hydrogen-bond acceptors (Lipinski definition) is 3. The van der Waals surface area contributed by atoms with Gasteiger partial charge in [0.15, 0.2) is 5.79 Å². The molecule has 0 spiro atoms. The molecule has 3 nitrogen and oxygen atoms in total. The summed E-state index contributed by atoms with van der Waals surface area (Å²) in [4.78, 5) is 0. The third-order valence-corrected chi connectivity index (χ3v) is 10.5. The number of methoxy groups -OCH3 is 1. The monoisotopic (exact) mass is 436 g/mol. The quantitative estimate of drug-likeness (QED) is 0.491. The fourth-order valence-electron chi connectivity index (χ4n) is 8.61. The summed E-state index contributed by atoms with van der Waals surface area (Å²) < 4.78 is 21.0. The Balaban J connectivity index is 1.57. The number of ether oxygens (including phenoxy) is 1. The van der Waals surface area contributed by atoms with E-state index in [1.807, 2.05) is 13.8 Å². The molecule has 4 aliphatic rings. The van der Waals surface area contributed by atoms with Crippen LogP contribution in [0.5, 0.6) is 0 Å². The highest BCUT2D eigenvalue weighted by Crippen LogP contribution is 2.68. The van der Waals surface area contributed by atoms with E-state index in [-0.39, 0.29) is 16.7 Å². The van der Waals surface area contributed by atoms with Gasteiger partial charge in [0.2, 0.25) is 0 Å². The van der Waals surface area contributed by atoms with Crippen molar-refractivity contribution in [2.45, 2.75) is 110 Å². The van der Waals surface area contributed by atoms with Crippen LogP contribution in [0.2, 0.25) is 0 Å². The van der Waals surface area contributed by atoms with Crippen LogP contribution in [0.1, 0.15) is 98.8 Å². The van der Waals surface area contributed by atoms with Gasteiger partial charge in [0.05, 0.1) is 5.60 Å². The van der Waals surface area contributed by atoms with Crippen LogP contribution in [0, 0.1) is 40.4 Å². The number of hydrogen-bond donors (Lipinski definition) is 2. The van der Waals surface area contributed by atoms with Gasteiger partial charge in [0, 0.05) is 26.4 Å². The van der Waals surface area contributed by atoms with E-state index < -0.39 is 11.4 Å². The average molecular weight is 437 g/mol. The van der Waals surface area contributed by atoms with E-state index in [1.54, 1.807) is 0 Å². The van der Waals surface area contributed by atoms with E-state index in [9.17, 15) is 10.2 Å². The zero-order chi connectivity index (χ0) is 22.8. The van der Waals surface area contributed by atoms with E-state index in [4.69, 9.17) is 4.74 Å². The lowest BCUT2D eigenvalue weighted by Gasteiger charge is -2.59. The lowest BCUT2D eigenvalue weighted by atomic mass is 9.46.